The van der Waals surface area contributed by atoms with Crippen molar-refractivity contribution in [2.75, 3.05) is 27.4 Å². The maximum Gasteiger partial charge on any atom is 0.324 e. The lowest BCUT2D eigenvalue weighted by Gasteiger charge is -2.29. The summed E-state index contributed by atoms with van der Waals surface area (Å²) in [5.74, 6) is 0.0111. The van der Waals surface area contributed by atoms with Crippen LogP contribution in [-0.4, -0.2) is 58.6 Å². The van der Waals surface area contributed by atoms with Gasteiger partial charge in [-0.2, -0.15) is 4.72 Å². The minimum Gasteiger partial charge on any atom is -0.493 e. The molecular weight excluding hydrogens is 436 g/mol. The van der Waals surface area contributed by atoms with Crippen molar-refractivity contribution < 1.29 is 32.2 Å². The van der Waals surface area contributed by atoms with E-state index in [0.717, 1.165) is 11.1 Å². The SMILES string of the molecule is COc1cc2c(cc1OC)CN(C(=O)COC(=O)[C@H](C)NS(=O)(=O)c1ccccc1)CC2. The lowest BCUT2D eigenvalue weighted by atomic mass is 9.99. The van der Waals surface area contributed by atoms with Crippen molar-refractivity contribution in [3.05, 3.63) is 53.6 Å². The number of carbonyl (C=O) groups is 2. The summed E-state index contributed by atoms with van der Waals surface area (Å²) in [4.78, 5) is 26.4. The Bertz CT molecular complexity index is 1090. The molecule has 1 N–H and O–H groups in total. The van der Waals surface area contributed by atoms with E-state index in [1.807, 2.05) is 12.1 Å². The van der Waals surface area contributed by atoms with Gasteiger partial charge in [-0.3, -0.25) is 9.59 Å². The zero-order valence-corrected chi connectivity index (χ0v) is 19.0. The van der Waals surface area contributed by atoms with Gasteiger partial charge in [-0.05, 0) is 48.7 Å². The number of ether oxygens (including phenoxy) is 3. The summed E-state index contributed by atoms with van der Waals surface area (Å²) in [6, 6.07) is 10.3. The van der Waals surface area contributed by atoms with Crippen LogP contribution in [0, 0.1) is 0 Å². The second kappa shape index (κ2) is 10.0. The first-order chi connectivity index (χ1) is 15.2. The Morgan fingerprint density at radius 3 is 2.31 bits per heavy atom. The minimum atomic E-state index is -3.88. The van der Waals surface area contributed by atoms with E-state index in [1.54, 1.807) is 37.3 Å². The molecule has 32 heavy (non-hydrogen) atoms. The highest BCUT2D eigenvalue weighted by molar-refractivity contribution is 7.89. The molecule has 1 heterocycles. The van der Waals surface area contributed by atoms with Crippen LogP contribution in [0.2, 0.25) is 0 Å². The Hall–Kier alpha value is -3.11. The number of rotatable bonds is 8. The number of fused-ring (bicyclic) bond motifs is 1. The van der Waals surface area contributed by atoms with Crippen molar-refractivity contribution >= 4 is 21.9 Å². The molecule has 0 unspecified atom stereocenters. The standard InChI is InChI=1S/C22H26N2O7S/c1-15(23-32(27,28)18-7-5-4-6-8-18)22(26)31-14-21(25)24-10-9-16-11-19(29-2)20(30-3)12-17(16)13-24/h4-8,11-12,15,23H,9-10,13-14H2,1-3H3/t15-/m0/s1. The van der Waals surface area contributed by atoms with E-state index < -0.39 is 28.6 Å². The molecule has 1 aliphatic heterocycles. The fourth-order valence-corrected chi connectivity index (χ4v) is 4.61. The van der Waals surface area contributed by atoms with Crippen molar-refractivity contribution in [2.45, 2.75) is 30.8 Å². The normalized spacial score (nSPS) is 14.3. The van der Waals surface area contributed by atoms with Crippen LogP contribution in [0.25, 0.3) is 0 Å². The molecule has 2 aromatic carbocycles. The first kappa shape index (κ1) is 23.6. The number of amides is 1. The van der Waals surface area contributed by atoms with E-state index >= 15 is 0 Å². The maximum atomic E-state index is 12.6. The molecule has 9 nitrogen and oxygen atoms in total. The lowest BCUT2D eigenvalue weighted by molar-refractivity contribution is -0.153. The van der Waals surface area contributed by atoms with Crippen molar-refractivity contribution in [3.8, 4) is 11.5 Å². The number of carbonyl (C=O) groups excluding carboxylic acids is 2. The first-order valence-electron chi connectivity index (χ1n) is 10.0. The summed E-state index contributed by atoms with van der Waals surface area (Å²) in [6.45, 7) is 1.71. The molecule has 0 fully saturated rings. The fourth-order valence-electron chi connectivity index (χ4n) is 3.39. The number of hydrogen-bond donors (Lipinski definition) is 1. The molecule has 0 aliphatic carbocycles. The van der Waals surface area contributed by atoms with Gasteiger partial charge in [0.05, 0.1) is 19.1 Å². The molecule has 0 spiro atoms. The van der Waals surface area contributed by atoms with E-state index in [1.165, 1.54) is 19.1 Å². The summed E-state index contributed by atoms with van der Waals surface area (Å²) < 4.78 is 42.6. The van der Waals surface area contributed by atoms with Crippen LogP contribution in [0.4, 0.5) is 0 Å². The van der Waals surface area contributed by atoms with Crippen LogP contribution in [0.15, 0.2) is 47.4 Å². The van der Waals surface area contributed by atoms with Crippen LogP contribution in [-0.2, 0) is 37.3 Å². The van der Waals surface area contributed by atoms with E-state index in [0.29, 0.717) is 31.0 Å². The molecule has 0 bridgehead atoms. The van der Waals surface area contributed by atoms with Gasteiger partial charge in [0.1, 0.15) is 6.04 Å². The van der Waals surface area contributed by atoms with Gasteiger partial charge in [0.15, 0.2) is 18.1 Å². The zero-order valence-electron chi connectivity index (χ0n) is 18.2. The Kier molecular flexibility index (Phi) is 7.37. The van der Waals surface area contributed by atoms with Gasteiger partial charge in [0.25, 0.3) is 5.91 Å². The van der Waals surface area contributed by atoms with Gasteiger partial charge >= 0.3 is 5.97 Å². The van der Waals surface area contributed by atoms with Crippen molar-refractivity contribution in [2.24, 2.45) is 0 Å². The highest BCUT2D eigenvalue weighted by Crippen LogP contribution is 2.33. The molecule has 1 aliphatic rings. The lowest BCUT2D eigenvalue weighted by Crippen LogP contribution is -2.42. The molecule has 0 saturated heterocycles. The first-order valence-corrected chi connectivity index (χ1v) is 11.5. The fraction of sp³-hybridized carbons (Fsp3) is 0.364. The van der Waals surface area contributed by atoms with Crippen LogP contribution in [0.1, 0.15) is 18.1 Å². The summed E-state index contributed by atoms with van der Waals surface area (Å²) in [5, 5.41) is 0. The summed E-state index contributed by atoms with van der Waals surface area (Å²) in [5.41, 5.74) is 1.99. The van der Waals surface area contributed by atoms with Gasteiger partial charge in [-0.25, -0.2) is 8.42 Å². The number of nitrogens with zero attached hydrogens (tertiary/aromatic N) is 1. The highest BCUT2D eigenvalue weighted by atomic mass is 32.2. The third kappa shape index (κ3) is 5.38. The minimum absolute atomic E-state index is 0.0368. The average Bonchev–Trinajstić information content (AvgIpc) is 2.81. The second-order valence-corrected chi connectivity index (χ2v) is 9.02. The molecule has 2 aromatic rings. The van der Waals surface area contributed by atoms with E-state index in [-0.39, 0.29) is 10.8 Å². The highest BCUT2D eigenvalue weighted by Gasteiger charge is 2.26. The molecule has 0 radical (unpaired) electrons. The van der Waals surface area contributed by atoms with Gasteiger partial charge in [-0.1, -0.05) is 18.2 Å². The number of nitrogens with one attached hydrogen (secondary N) is 1. The number of hydrogen-bond acceptors (Lipinski definition) is 7. The quantitative estimate of drug-likeness (QED) is 0.592. The van der Waals surface area contributed by atoms with Crippen LogP contribution in [0.5, 0.6) is 11.5 Å². The largest absolute Gasteiger partial charge is 0.493 e. The second-order valence-electron chi connectivity index (χ2n) is 7.30. The van der Waals surface area contributed by atoms with Crippen LogP contribution < -0.4 is 14.2 Å². The van der Waals surface area contributed by atoms with Crippen LogP contribution in [0.3, 0.4) is 0 Å². The Morgan fingerprint density at radius 2 is 1.69 bits per heavy atom. The molecule has 1 atom stereocenters. The Morgan fingerprint density at radius 1 is 1.06 bits per heavy atom. The molecule has 10 heteroatoms. The van der Waals surface area contributed by atoms with Gasteiger partial charge in [0, 0.05) is 13.1 Å². The van der Waals surface area contributed by atoms with Crippen molar-refractivity contribution in [1.29, 1.82) is 0 Å². The predicted octanol–water partition coefficient (Wildman–Crippen LogP) is 1.50. The predicted molar refractivity (Wildman–Crippen MR) is 116 cm³/mol. The molecule has 0 saturated carbocycles. The van der Waals surface area contributed by atoms with E-state index in [9.17, 15) is 18.0 Å². The Labute approximate surface area is 187 Å². The molecule has 0 aromatic heterocycles. The van der Waals surface area contributed by atoms with Crippen molar-refractivity contribution in [3.63, 3.8) is 0 Å². The number of methoxy groups -OCH3 is 2. The van der Waals surface area contributed by atoms with Gasteiger partial charge in [-0.15, -0.1) is 0 Å². The van der Waals surface area contributed by atoms with E-state index in [2.05, 4.69) is 4.72 Å². The smallest absolute Gasteiger partial charge is 0.324 e. The number of benzene rings is 2. The molecule has 172 valence electrons. The monoisotopic (exact) mass is 462 g/mol. The third-order valence-corrected chi connectivity index (χ3v) is 6.70. The third-order valence-electron chi connectivity index (χ3n) is 5.15. The summed E-state index contributed by atoms with van der Waals surface area (Å²) in [6.07, 6.45) is 0.628. The zero-order chi connectivity index (χ0) is 23.3. The Balaban J connectivity index is 1.56. The summed E-state index contributed by atoms with van der Waals surface area (Å²) in [7, 11) is -0.766. The maximum absolute atomic E-state index is 12.6. The van der Waals surface area contributed by atoms with Crippen LogP contribution >= 0.6 is 0 Å². The molecule has 3 rings (SSSR count). The van der Waals surface area contributed by atoms with Gasteiger partial charge in [0.2, 0.25) is 10.0 Å². The number of sulfonamides is 1. The molecular formula is C22H26N2O7S. The van der Waals surface area contributed by atoms with E-state index in [4.69, 9.17) is 14.2 Å². The molecule has 1 amide bonds. The van der Waals surface area contributed by atoms with Crippen molar-refractivity contribution in [1.82, 2.24) is 9.62 Å². The number of esters is 1. The topological polar surface area (TPSA) is 111 Å². The average molecular weight is 463 g/mol. The van der Waals surface area contributed by atoms with Gasteiger partial charge < -0.3 is 19.1 Å². The summed E-state index contributed by atoms with van der Waals surface area (Å²) >= 11 is 0.